The molecule has 1 aromatic carbocycles. The molecule has 0 spiro atoms. The second-order valence-corrected chi connectivity index (χ2v) is 5.20. The molecule has 1 aliphatic heterocycles. The van der Waals surface area contributed by atoms with E-state index in [1.807, 2.05) is 30.3 Å². The Hall–Kier alpha value is -2.47. The van der Waals surface area contributed by atoms with Crippen LogP contribution < -0.4 is 10.6 Å². The van der Waals surface area contributed by atoms with Crippen LogP contribution in [0, 0.1) is 0 Å². The normalized spacial score (nSPS) is 21.1. The van der Waals surface area contributed by atoms with E-state index in [4.69, 9.17) is 4.74 Å². The van der Waals surface area contributed by atoms with Gasteiger partial charge < -0.3 is 10.1 Å². The van der Waals surface area contributed by atoms with Gasteiger partial charge in [-0.1, -0.05) is 30.3 Å². The van der Waals surface area contributed by atoms with Crippen molar-refractivity contribution in [2.75, 3.05) is 11.9 Å². The van der Waals surface area contributed by atoms with Crippen molar-refractivity contribution in [2.45, 2.75) is 25.0 Å². The molecular formula is C16H18N4O2. The number of carbonyl (C=O) groups excluding carboxylic acids is 1. The van der Waals surface area contributed by atoms with Gasteiger partial charge in [0, 0.05) is 18.8 Å². The fourth-order valence-corrected chi connectivity index (χ4v) is 2.53. The molecule has 1 fully saturated rings. The lowest BCUT2D eigenvalue weighted by Gasteiger charge is -2.30. The van der Waals surface area contributed by atoms with Crippen LogP contribution in [0.25, 0.3) is 0 Å². The Balaban J connectivity index is 1.55. The third kappa shape index (κ3) is 3.79. The van der Waals surface area contributed by atoms with Gasteiger partial charge in [0.25, 0.3) is 0 Å². The Morgan fingerprint density at radius 3 is 2.82 bits per heavy atom. The van der Waals surface area contributed by atoms with Crippen LogP contribution in [0.2, 0.25) is 0 Å². The lowest BCUT2D eigenvalue weighted by molar-refractivity contribution is 0.00253. The summed E-state index contributed by atoms with van der Waals surface area (Å²) in [5, 5.41) is 13.2. The summed E-state index contributed by atoms with van der Waals surface area (Å²) in [6.07, 6.45) is 3.15. The maximum atomic E-state index is 12.0. The summed E-state index contributed by atoms with van der Waals surface area (Å²) >= 11 is 0. The SMILES string of the molecule is O=C(Nc1cccnn1)N[C@H]1CCO[C@@H](c2ccccc2)C1. The average molecular weight is 298 g/mol. The molecule has 6 nitrogen and oxygen atoms in total. The quantitative estimate of drug-likeness (QED) is 0.913. The smallest absolute Gasteiger partial charge is 0.320 e. The molecule has 114 valence electrons. The highest BCUT2D eigenvalue weighted by Crippen LogP contribution is 2.27. The second-order valence-electron chi connectivity index (χ2n) is 5.20. The number of aromatic nitrogens is 2. The number of amides is 2. The number of urea groups is 1. The van der Waals surface area contributed by atoms with Gasteiger partial charge in [-0.2, -0.15) is 5.10 Å². The molecule has 2 atom stereocenters. The number of anilines is 1. The molecule has 0 unspecified atom stereocenters. The summed E-state index contributed by atoms with van der Waals surface area (Å²) in [6.45, 7) is 0.635. The molecule has 6 heteroatoms. The fourth-order valence-electron chi connectivity index (χ4n) is 2.53. The molecule has 22 heavy (non-hydrogen) atoms. The van der Waals surface area contributed by atoms with Crippen molar-refractivity contribution in [1.82, 2.24) is 15.5 Å². The van der Waals surface area contributed by atoms with E-state index in [2.05, 4.69) is 20.8 Å². The Morgan fingerprint density at radius 1 is 1.18 bits per heavy atom. The first-order valence-corrected chi connectivity index (χ1v) is 7.33. The third-order valence-corrected chi connectivity index (χ3v) is 3.60. The predicted molar refractivity (Wildman–Crippen MR) is 82.3 cm³/mol. The minimum absolute atomic E-state index is 0.0248. The van der Waals surface area contributed by atoms with E-state index in [9.17, 15) is 4.79 Å². The van der Waals surface area contributed by atoms with Crippen molar-refractivity contribution in [3.63, 3.8) is 0 Å². The summed E-state index contributed by atoms with van der Waals surface area (Å²) in [6, 6.07) is 13.3. The number of carbonyl (C=O) groups is 1. The largest absolute Gasteiger partial charge is 0.373 e. The summed E-state index contributed by atoms with van der Waals surface area (Å²) < 4.78 is 5.80. The number of ether oxygens (including phenoxy) is 1. The van der Waals surface area contributed by atoms with E-state index >= 15 is 0 Å². The van der Waals surface area contributed by atoms with Crippen molar-refractivity contribution in [1.29, 1.82) is 0 Å². The number of benzene rings is 1. The molecule has 1 saturated heterocycles. The molecule has 2 amide bonds. The van der Waals surface area contributed by atoms with E-state index in [1.54, 1.807) is 18.3 Å². The van der Waals surface area contributed by atoms with Crippen molar-refractivity contribution >= 4 is 11.8 Å². The van der Waals surface area contributed by atoms with Gasteiger partial charge in [0.05, 0.1) is 6.10 Å². The molecule has 0 bridgehead atoms. The Bertz CT molecular complexity index is 606. The van der Waals surface area contributed by atoms with Crippen molar-refractivity contribution in [2.24, 2.45) is 0 Å². The van der Waals surface area contributed by atoms with Crippen LogP contribution in [0.1, 0.15) is 24.5 Å². The Labute approximate surface area is 128 Å². The average Bonchev–Trinajstić information content (AvgIpc) is 2.57. The molecular weight excluding hydrogens is 280 g/mol. The van der Waals surface area contributed by atoms with Crippen LogP contribution in [0.15, 0.2) is 48.7 Å². The number of hydrogen-bond donors (Lipinski definition) is 2. The fraction of sp³-hybridized carbons (Fsp3) is 0.312. The zero-order chi connectivity index (χ0) is 15.2. The Kier molecular flexibility index (Phi) is 4.60. The summed E-state index contributed by atoms with van der Waals surface area (Å²) in [7, 11) is 0. The van der Waals surface area contributed by atoms with Crippen molar-refractivity contribution in [3.8, 4) is 0 Å². The van der Waals surface area contributed by atoms with Crippen LogP contribution in [0.3, 0.4) is 0 Å². The monoisotopic (exact) mass is 298 g/mol. The van der Waals surface area contributed by atoms with E-state index < -0.39 is 0 Å². The van der Waals surface area contributed by atoms with Crippen LogP contribution in [-0.4, -0.2) is 28.9 Å². The zero-order valence-corrected chi connectivity index (χ0v) is 12.1. The van der Waals surface area contributed by atoms with Crippen LogP contribution in [0.4, 0.5) is 10.6 Å². The number of nitrogens with one attached hydrogen (secondary N) is 2. The molecule has 2 heterocycles. The molecule has 0 aliphatic carbocycles. The van der Waals surface area contributed by atoms with Gasteiger partial charge in [-0.15, -0.1) is 5.10 Å². The summed E-state index contributed by atoms with van der Waals surface area (Å²) in [4.78, 5) is 12.0. The highest BCUT2D eigenvalue weighted by atomic mass is 16.5. The number of rotatable bonds is 3. The van der Waals surface area contributed by atoms with Crippen molar-refractivity contribution in [3.05, 3.63) is 54.2 Å². The van der Waals surface area contributed by atoms with Gasteiger partial charge >= 0.3 is 6.03 Å². The molecule has 2 aromatic rings. The van der Waals surface area contributed by atoms with E-state index in [-0.39, 0.29) is 18.2 Å². The first-order chi connectivity index (χ1) is 10.8. The first-order valence-electron chi connectivity index (χ1n) is 7.33. The van der Waals surface area contributed by atoms with Crippen LogP contribution >= 0.6 is 0 Å². The minimum atomic E-state index is -0.265. The van der Waals surface area contributed by atoms with Gasteiger partial charge in [-0.25, -0.2) is 4.79 Å². The molecule has 0 radical (unpaired) electrons. The van der Waals surface area contributed by atoms with Gasteiger partial charge in [0.15, 0.2) is 5.82 Å². The summed E-state index contributed by atoms with van der Waals surface area (Å²) in [5.74, 6) is 0.437. The summed E-state index contributed by atoms with van der Waals surface area (Å²) in [5.41, 5.74) is 1.14. The molecule has 3 rings (SSSR count). The molecule has 0 saturated carbocycles. The first kappa shape index (κ1) is 14.5. The highest BCUT2D eigenvalue weighted by Gasteiger charge is 2.25. The number of nitrogens with zero attached hydrogens (tertiary/aromatic N) is 2. The molecule has 1 aliphatic rings. The van der Waals surface area contributed by atoms with Gasteiger partial charge in [-0.3, -0.25) is 5.32 Å². The second kappa shape index (κ2) is 7.00. The van der Waals surface area contributed by atoms with Crippen LogP contribution in [0.5, 0.6) is 0 Å². The zero-order valence-electron chi connectivity index (χ0n) is 12.1. The highest BCUT2D eigenvalue weighted by molar-refractivity contribution is 5.88. The van der Waals surface area contributed by atoms with Crippen molar-refractivity contribution < 1.29 is 9.53 Å². The maximum absolute atomic E-state index is 12.0. The molecule has 1 aromatic heterocycles. The van der Waals surface area contributed by atoms with Gasteiger partial charge in [-0.05, 0) is 30.5 Å². The van der Waals surface area contributed by atoms with E-state index in [1.165, 1.54) is 0 Å². The van der Waals surface area contributed by atoms with Crippen LogP contribution in [-0.2, 0) is 4.74 Å². The maximum Gasteiger partial charge on any atom is 0.320 e. The minimum Gasteiger partial charge on any atom is -0.373 e. The standard InChI is InChI=1S/C16H18N4O2/c21-16(19-15-7-4-9-17-20-15)18-13-8-10-22-14(11-13)12-5-2-1-3-6-12/h1-7,9,13-14H,8,10-11H2,(H2,18,19,20,21)/t13-,14+/m0/s1. The van der Waals surface area contributed by atoms with Gasteiger partial charge in [0.2, 0.25) is 0 Å². The predicted octanol–water partition coefficient (Wildman–Crippen LogP) is 2.52. The third-order valence-electron chi connectivity index (χ3n) is 3.60. The lowest BCUT2D eigenvalue weighted by Crippen LogP contribution is -2.42. The lowest BCUT2D eigenvalue weighted by atomic mass is 9.97. The van der Waals surface area contributed by atoms with Gasteiger partial charge in [0.1, 0.15) is 0 Å². The van der Waals surface area contributed by atoms with E-state index in [0.717, 1.165) is 18.4 Å². The van der Waals surface area contributed by atoms with E-state index in [0.29, 0.717) is 12.4 Å². The molecule has 2 N–H and O–H groups in total. The Morgan fingerprint density at radius 2 is 2.05 bits per heavy atom. The number of hydrogen-bond acceptors (Lipinski definition) is 4. The topological polar surface area (TPSA) is 76.1 Å².